The third-order valence-electron chi connectivity index (χ3n) is 8.20. The summed E-state index contributed by atoms with van der Waals surface area (Å²) < 4.78 is 0. The number of hydrogen-bond acceptors (Lipinski definition) is 9. The molecule has 0 radical (unpaired) electrons. The Morgan fingerprint density at radius 3 is 2.40 bits per heavy atom. The van der Waals surface area contributed by atoms with Crippen molar-refractivity contribution >= 4 is 23.3 Å². The van der Waals surface area contributed by atoms with E-state index < -0.39 is 64.7 Å². The van der Waals surface area contributed by atoms with Crippen LogP contribution in [0.4, 0.5) is 0 Å². The Bertz CT molecular complexity index is 1120. The van der Waals surface area contributed by atoms with Gasteiger partial charge in [0.1, 0.15) is 11.7 Å². The smallest absolute Gasteiger partial charge is 0.230 e. The Morgan fingerprint density at radius 2 is 1.86 bits per heavy atom. The highest BCUT2D eigenvalue weighted by atomic mass is 16.3. The lowest BCUT2D eigenvalue weighted by molar-refractivity contribution is -0.190. The van der Waals surface area contributed by atoms with E-state index in [1.54, 1.807) is 25.1 Å². The van der Waals surface area contributed by atoms with Crippen LogP contribution < -0.4 is 11.5 Å². The highest BCUT2D eigenvalue weighted by Gasteiger charge is 2.69. The van der Waals surface area contributed by atoms with E-state index in [0.717, 1.165) is 12.0 Å². The molecule has 10 heteroatoms. The Labute approximate surface area is 203 Å². The van der Waals surface area contributed by atoms with Gasteiger partial charge in [-0.1, -0.05) is 19.4 Å². The zero-order valence-electron chi connectivity index (χ0n) is 20.2. The van der Waals surface area contributed by atoms with Crippen LogP contribution in [0.1, 0.15) is 46.8 Å². The number of nitrogens with zero attached hydrogens (tertiary/aromatic N) is 1. The SMILES string of the molecule is CCCc1cc(CN)c(O)c2c1C[C@@H]1C[C@@H]3[C@@H](N(C)C)C(O)C(C(N)=O)C(=O)[C@]3(O)C(=O)C1C2=O. The van der Waals surface area contributed by atoms with E-state index in [0.29, 0.717) is 24.0 Å². The molecule has 1 aromatic carbocycles. The quantitative estimate of drug-likeness (QED) is 0.327. The number of carbonyl (C=O) groups excluding carboxylic acids is 4. The van der Waals surface area contributed by atoms with Crippen LogP contribution in [-0.2, 0) is 33.8 Å². The van der Waals surface area contributed by atoms with Gasteiger partial charge in [-0.15, -0.1) is 0 Å². The fourth-order valence-corrected chi connectivity index (χ4v) is 6.68. The molecule has 0 bridgehead atoms. The first-order chi connectivity index (χ1) is 16.4. The van der Waals surface area contributed by atoms with Gasteiger partial charge in [0.25, 0.3) is 0 Å². The molecule has 1 aromatic rings. The van der Waals surface area contributed by atoms with E-state index >= 15 is 0 Å². The van der Waals surface area contributed by atoms with Gasteiger partial charge in [0.05, 0.1) is 17.6 Å². The van der Waals surface area contributed by atoms with Crippen LogP contribution in [0.5, 0.6) is 5.75 Å². The van der Waals surface area contributed by atoms with Gasteiger partial charge < -0.3 is 31.7 Å². The highest BCUT2D eigenvalue weighted by Crippen LogP contribution is 2.52. The molecule has 2 saturated carbocycles. The van der Waals surface area contributed by atoms with E-state index in [1.807, 2.05) is 6.92 Å². The molecule has 0 saturated heterocycles. The van der Waals surface area contributed by atoms with Crippen molar-refractivity contribution in [2.45, 2.75) is 56.9 Å². The maximum atomic E-state index is 13.8. The molecule has 7 atom stereocenters. The Hall–Kier alpha value is -2.66. The number of Topliss-reactive ketones (excluding diaryl/α,β-unsaturated/α-hetero) is 3. The molecule has 10 nitrogen and oxygen atoms in total. The maximum Gasteiger partial charge on any atom is 0.230 e. The first-order valence-corrected chi connectivity index (χ1v) is 12.0. The van der Waals surface area contributed by atoms with Crippen molar-refractivity contribution in [3.05, 3.63) is 28.3 Å². The van der Waals surface area contributed by atoms with Crippen LogP contribution in [0.3, 0.4) is 0 Å². The lowest BCUT2D eigenvalue weighted by Crippen LogP contribution is -2.75. The average Bonchev–Trinajstić information content (AvgIpc) is 2.77. The molecule has 35 heavy (non-hydrogen) atoms. The van der Waals surface area contributed by atoms with Gasteiger partial charge in [-0.2, -0.15) is 0 Å². The van der Waals surface area contributed by atoms with E-state index in [9.17, 15) is 34.5 Å². The Kier molecular flexibility index (Phi) is 6.38. The van der Waals surface area contributed by atoms with Crippen molar-refractivity contribution in [1.29, 1.82) is 0 Å². The van der Waals surface area contributed by atoms with Gasteiger partial charge in [0.15, 0.2) is 23.0 Å². The molecular weight excluding hydrogens is 454 g/mol. The van der Waals surface area contributed by atoms with Crippen LogP contribution in [0.25, 0.3) is 0 Å². The second-order valence-electron chi connectivity index (χ2n) is 10.3. The monoisotopic (exact) mass is 487 g/mol. The molecule has 7 N–H and O–H groups in total. The minimum Gasteiger partial charge on any atom is -0.507 e. The number of phenolic OH excluding ortho intramolecular Hbond substituents is 1. The van der Waals surface area contributed by atoms with Gasteiger partial charge in [0.2, 0.25) is 5.91 Å². The van der Waals surface area contributed by atoms with Crippen LogP contribution >= 0.6 is 0 Å². The molecule has 3 aliphatic carbocycles. The lowest BCUT2D eigenvalue weighted by atomic mass is 9.52. The summed E-state index contributed by atoms with van der Waals surface area (Å²) in [5.74, 6) is -8.99. The molecule has 3 unspecified atom stereocenters. The van der Waals surface area contributed by atoms with Gasteiger partial charge in [-0.05, 0) is 50.4 Å². The van der Waals surface area contributed by atoms with Crippen LogP contribution in [-0.4, -0.2) is 75.3 Å². The number of rotatable bonds is 5. The topological polar surface area (TPSA) is 184 Å². The Balaban J connectivity index is 1.88. The largest absolute Gasteiger partial charge is 0.507 e. The molecule has 0 heterocycles. The number of fused-ring (bicyclic) bond motifs is 3. The minimum atomic E-state index is -2.66. The van der Waals surface area contributed by atoms with Crippen molar-refractivity contribution in [3.8, 4) is 5.75 Å². The van der Waals surface area contributed by atoms with E-state index in [1.165, 1.54) is 0 Å². The Morgan fingerprint density at radius 1 is 1.20 bits per heavy atom. The number of primary amides is 1. The number of ketones is 3. The van der Waals surface area contributed by atoms with E-state index in [2.05, 4.69) is 0 Å². The lowest BCUT2D eigenvalue weighted by Gasteiger charge is -2.55. The second-order valence-corrected chi connectivity index (χ2v) is 10.3. The van der Waals surface area contributed by atoms with Crippen molar-refractivity contribution < 1.29 is 34.5 Å². The van der Waals surface area contributed by atoms with Gasteiger partial charge >= 0.3 is 0 Å². The first-order valence-electron chi connectivity index (χ1n) is 12.0. The zero-order valence-corrected chi connectivity index (χ0v) is 20.2. The molecule has 4 rings (SSSR count). The van der Waals surface area contributed by atoms with Gasteiger partial charge in [-0.3, -0.25) is 19.2 Å². The van der Waals surface area contributed by atoms with Crippen molar-refractivity contribution in [2.24, 2.45) is 35.1 Å². The molecule has 0 aliphatic heterocycles. The second kappa shape index (κ2) is 8.77. The number of carbonyl (C=O) groups is 4. The number of amides is 1. The summed E-state index contributed by atoms with van der Waals surface area (Å²) in [7, 11) is 3.23. The van der Waals surface area contributed by atoms with Crippen molar-refractivity contribution in [2.75, 3.05) is 14.1 Å². The zero-order chi connectivity index (χ0) is 26.0. The van der Waals surface area contributed by atoms with Crippen LogP contribution in [0.15, 0.2) is 6.07 Å². The van der Waals surface area contributed by atoms with Crippen molar-refractivity contribution in [3.63, 3.8) is 0 Å². The number of aromatic hydroxyl groups is 1. The fourth-order valence-electron chi connectivity index (χ4n) is 6.68. The average molecular weight is 488 g/mol. The molecule has 2 fully saturated rings. The van der Waals surface area contributed by atoms with Gasteiger partial charge in [0, 0.05) is 24.1 Å². The van der Waals surface area contributed by atoms with Crippen molar-refractivity contribution in [1.82, 2.24) is 4.90 Å². The number of aliphatic hydroxyl groups is 2. The third-order valence-corrected chi connectivity index (χ3v) is 8.20. The predicted octanol–water partition coefficient (Wildman–Crippen LogP) is -0.930. The maximum absolute atomic E-state index is 13.8. The summed E-state index contributed by atoms with van der Waals surface area (Å²) in [5.41, 5.74) is 10.4. The van der Waals surface area contributed by atoms with Crippen LogP contribution in [0, 0.1) is 23.7 Å². The number of hydrogen-bond donors (Lipinski definition) is 5. The summed E-state index contributed by atoms with van der Waals surface area (Å²) >= 11 is 0. The van der Waals surface area contributed by atoms with Gasteiger partial charge in [-0.25, -0.2) is 0 Å². The number of nitrogens with two attached hydrogens (primary N) is 2. The molecule has 0 spiro atoms. The number of aliphatic hydroxyl groups excluding tert-OH is 1. The summed E-state index contributed by atoms with van der Waals surface area (Å²) in [6, 6.07) is 0.875. The highest BCUT2D eigenvalue weighted by molar-refractivity contribution is 6.25. The summed E-state index contributed by atoms with van der Waals surface area (Å²) in [4.78, 5) is 54.5. The van der Waals surface area contributed by atoms with E-state index in [-0.39, 0.29) is 24.3 Å². The summed E-state index contributed by atoms with van der Waals surface area (Å²) in [5, 5.41) is 33.4. The number of aryl methyl sites for hydroxylation is 1. The van der Waals surface area contributed by atoms with E-state index in [4.69, 9.17) is 11.5 Å². The predicted molar refractivity (Wildman–Crippen MR) is 124 cm³/mol. The number of phenols is 1. The first kappa shape index (κ1) is 25.4. The third kappa shape index (κ3) is 3.46. The number of likely N-dealkylation sites (N-methyl/N-ethyl adjacent to an activating group) is 1. The van der Waals surface area contributed by atoms with Crippen LogP contribution in [0.2, 0.25) is 0 Å². The summed E-state index contributed by atoms with van der Waals surface area (Å²) in [6.07, 6.45) is 0.326. The standard InChI is InChI=1S/C25H33N3O7/c1-4-5-10-6-12(9-26)19(29)16-13(10)7-11-8-14-18(28(2)3)21(31)17(24(27)34)23(33)25(14,35)22(32)15(11)20(16)30/h6,11,14-15,17-18,21,29,31,35H,4-5,7-9,26H2,1-3H3,(H2,27,34)/t11-,14-,15?,17?,18-,21?,25-/m1/s1. The fraction of sp³-hybridized carbons (Fsp3) is 0.600. The summed E-state index contributed by atoms with van der Waals surface area (Å²) in [6.45, 7) is 1.99. The minimum absolute atomic E-state index is 0.00165. The molecule has 0 aromatic heterocycles. The molecule has 190 valence electrons. The molecule has 1 amide bonds. The molecule has 3 aliphatic rings. The molecular formula is C25H33N3O7. The number of benzene rings is 1. The normalized spacial score (nSPS) is 34.4.